The van der Waals surface area contributed by atoms with Crippen LogP contribution in [0.2, 0.25) is 0 Å². The molecule has 1 amide bonds. The van der Waals surface area contributed by atoms with Crippen molar-refractivity contribution in [2.75, 3.05) is 17.7 Å². The Bertz CT molecular complexity index is 1070. The monoisotopic (exact) mass is 375 g/mol. The molecule has 0 saturated carbocycles. The highest BCUT2D eigenvalue weighted by atomic mass is 16.5. The van der Waals surface area contributed by atoms with Crippen LogP contribution in [0.1, 0.15) is 24.1 Å². The van der Waals surface area contributed by atoms with E-state index in [2.05, 4.69) is 26.8 Å². The van der Waals surface area contributed by atoms with Crippen molar-refractivity contribution in [1.29, 1.82) is 0 Å². The average Bonchev–Trinajstić information content (AvgIpc) is 3.15. The van der Waals surface area contributed by atoms with Crippen LogP contribution in [0, 0.1) is 6.92 Å². The molecule has 1 aliphatic heterocycles. The van der Waals surface area contributed by atoms with Gasteiger partial charge in [0.25, 0.3) is 5.91 Å². The molecule has 2 N–H and O–H groups in total. The number of anilines is 2. The summed E-state index contributed by atoms with van der Waals surface area (Å²) in [6, 6.07) is 15.0. The number of hydrogen-bond donors (Lipinski definition) is 2. The zero-order chi connectivity index (χ0) is 19.7. The Labute approximate surface area is 163 Å². The maximum atomic E-state index is 13.3. The number of aromatic nitrogens is 3. The van der Waals surface area contributed by atoms with Crippen molar-refractivity contribution in [2.45, 2.75) is 19.9 Å². The maximum absolute atomic E-state index is 13.3. The van der Waals surface area contributed by atoms with Gasteiger partial charge in [-0.3, -0.25) is 4.79 Å². The number of ether oxygens (including phenoxy) is 1. The van der Waals surface area contributed by atoms with Gasteiger partial charge in [-0.25, -0.2) is 4.68 Å². The maximum Gasteiger partial charge on any atom is 0.255 e. The molecule has 1 aromatic heterocycles. The molecule has 2 aromatic carbocycles. The number of rotatable bonds is 4. The number of aryl methyl sites for hydroxylation is 1. The van der Waals surface area contributed by atoms with E-state index in [0.717, 1.165) is 16.8 Å². The molecule has 7 heteroatoms. The predicted molar refractivity (Wildman–Crippen MR) is 107 cm³/mol. The lowest BCUT2D eigenvalue weighted by Crippen LogP contribution is -2.31. The molecule has 2 heterocycles. The third kappa shape index (κ3) is 3.11. The van der Waals surface area contributed by atoms with Gasteiger partial charge < -0.3 is 15.4 Å². The molecule has 0 spiro atoms. The lowest BCUT2D eigenvalue weighted by Gasteiger charge is -2.29. The smallest absolute Gasteiger partial charge is 0.255 e. The van der Waals surface area contributed by atoms with Crippen molar-refractivity contribution in [3.05, 3.63) is 77.3 Å². The van der Waals surface area contributed by atoms with E-state index in [0.29, 0.717) is 23.0 Å². The summed E-state index contributed by atoms with van der Waals surface area (Å²) in [6.07, 6.45) is 1.49. The van der Waals surface area contributed by atoms with Crippen molar-refractivity contribution in [2.24, 2.45) is 0 Å². The largest absolute Gasteiger partial charge is 0.495 e. The molecule has 0 radical (unpaired) electrons. The van der Waals surface area contributed by atoms with E-state index in [1.54, 1.807) is 11.8 Å². The Balaban J connectivity index is 1.77. The second-order valence-electron chi connectivity index (χ2n) is 6.66. The van der Waals surface area contributed by atoms with Crippen LogP contribution in [0.4, 0.5) is 11.6 Å². The van der Waals surface area contributed by atoms with Gasteiger partial charge >= 0.3 is 0 Å². The molecule has 7 nitrogen and oxygen atoms in total. The predicted octanol–water partition coefficient (Wildman–Crippen LogP) is 3.52. The van der Waals surface area contributed by atoms with Crippen molar-refractivity contribution in [3.63, 3.8) is 0 Å². The first-order chi connectivity index (χ1) is 13.6. The number of benzene rings is 2. The van der Waals surface area contributed by atoms with Crippen LogP contribution in [0.15, 0.2) is 66.1 Å². The lowest BCUT2D eigenvalue weighted by atomic mass is 9.94. The Morgan fingerprint density at radius 2 is 2.00 bits per heavy atom. The summed E-state index contributed by atoms with van der Waals surface area (Å²) in [7, 11) is 1.58. The number of para-hydroxylation sites is 2. The van der Waals surface area contributed by atoms with E-state index in [1.165, 1.54) is 6.33 Å². The van der Waals surface area contributed by atoms with Crippen LogP contribution < -0.4 is 15.4 Å². The molecule has 0 saturated heterocycles. The molecule has 1 unspecified atom stereocenters. The van der Waals surface area contributed by atoms with Gasteiger partial charge in [-0.05, 0) is 31.5 Å². The Morgan fingerprint density at radius 1 is 1.18 bits per heavy atom. The van der Waals surface area contributed by atoms with Gasteiger partial charge in [-0.2, -0.15) is 10.1 Å². The highest BCUT2D eigenvalue weighted by Gasteiger charge is 2.33. The van der Waals surface area contributed by atoms with Crippen molar-refractivity contribution in [3.8, 4) is 5.75 Å². The van der Waals surface area contributed by atoms with E-state index < -0.39 is 0 Å². The molecular weight excluding hydrogens is 354 g/mol. The highest BCUT2D eigenvalue weighted by molar-refractivity contribution is 6.06. The molecule has 0 fully saturated rings. The SMILES string of the molecule is COc1ccccc1NC(=O)C1=C(C)Nc2ncnn2C1c1cccc(C)c1. The fourth-order valence-electron chi connectivity index (χ4n) is 3.47. The van der Waals surface area contributed by atoms with Crippen molar-refractivity contribution in [1.82, 2.24) is 14.8 Å². The molecular formula is C21H21N5O2. The Kier molecular flexibility index (Phi) is 4.57. The highest BCUT2D eigenvalue weighted by Crippen LogP contribution is 2.36. The molecule has 0 aliphatic carbocycles. The normalized spacial score (nSPS) is 15.6. The second-order valence-corrected chi connectivity index (χ2v) is 6.66. The van der Waals surface area contributed by atoms with E-state index in [4.69, 9.17) is 4.74 Å². The summed E-state index contributed by atoms with van der Waals surface area (Å²) in [5.41, 5.74) is 4.01. The zero-order valence-electron chi connectivity index (χ0n) is 15.9. The third-order valence-corrected chi connectivity index (χ3v) is 4.75. The summed E-state index contributed by atoms with van der Waals surface area (Å²) in [5, 5.41) is 10.5. The van der Waals surface area contributed by atoms with E-state index in [9.17, 15) is 4.79 Å². The number of methoxy groups -OCH3 is 1. The van der Waals surface area contributed by atoms with Gasteiger partial charge in [-0.1, -0.05) is 42.0 Å². The number of allylic oxidation sites excluding steroid dienone is 1. The number of carbonyl (C=O) groups is 1. The summed E-state index contributed by atoms with van der Waals surface area (Å²) >= 11 is 0. The van der Waals surface area contributed by atoms with Crippen LogP contribution >= 0.6 is 0 Å². The number of nitrogens with one attached hydrogen (secondary N) is 2. The van der Waals surface area contributed by atoms with Gasteiger partial charge in [0.1, 0.15) is 18.1 Å². The minimum Gasteiger partial charge on any atom is -0.495 e. The Morgan fingerprint density at radius 3 is 2.79 bits per heavy atom. The molecule has 0 bridgehead atoms. The standard InChI is InChI=1S/C21H21N5O2/c1-13-7-6-8-15(11-13)19-18(14(2)24-21-22-12-23-26(19)21)20(27)25-16-9-4-5-10-17(16)28-3/h4-12,19H,1-3H3,(H,25,27)(H,22,23,24). The number of amides is 1. The summed E-state index contributed by atoms with van der Waals surface area (Å²) in [4.78, 5) is 17.6. The zero-order valence-corrected chi connectivity index (χ0v) is 15.9. The van der Waals surface area contributed by atoms with Gasteiger partial charge in [0.2, 0.25) is 5.95 Å². The Hall–Kier alpha value is -3.61. The summed E-state index contributed by atoms with van der Waals surface area (Å²) in [6.45, 7) is 3.90. The first kappa shape index (κ1) is 17.8. The molecule has 4 rings (SSSR count). The third-order valence-electron chi connectivity index (χ3n) is 4.75. The van der Waals surface area contributed by atoms with E-state index in [1.807, 2.05) is 56.3 Å². The van der Waals surface area contributed by atoms with Crippen LogP contribution in [0.3, 0.4) is 0 Å². The fourth-order valence-corrected chi connectivity index (χ4v) is 3.47. The lowest BCUT2D eigenvalue weighted by molar-refractivity contribution is -0.113. The molecule has 1 aliphatic rings. The van der Waals surface area contributed by atoms with Crippen LogP contribution in [0.25, 0.3) is 0 Å². The summed E-state index contributed by atoms with van der Waals surface area (Å²) < 4.78 is 7.09. The van der Waals surface area contributed by atoms with Gasteiger partial charge in [0.15, 0.2) is 0 Å². The summed E-state index contributed by atoms with van der Waals surface area (Å²) in [5.74, 6) is 0.992. The van der Waals surface area contributed by atoms with Gasteiger partial charge in [0.05, 0.1) is 18.4 Å². The first-order valence-electron chi connectivity index (χ1n) is 8.96. The van der Waals surface area contributed by atoms with Crippen LogP contribution in [-0.2, 0) is 4.79 Å². The minimum atomic E-state index is -0.381. The number of carbonyl (C=O) groups excluding carboxylic acids is 1. The minimum absolute atomic E-state index is 0.220. The van der Waals surface area contributed by atoms with E-state index >= 15 is 0 Å². The molecule has 3 aromatic rings. The van der Waals surface area contributed by atoms with Crippen molar-refractivity contribution < 1.29 is 9.53 Å². The number of fused-ring (bicyclic) bond motifs is 1. The first-order valence-corrected chi connectivity index (χ1v) is 8.96. The van der Waals surface area contributed by atoms with E-state index in [-0.39, 0.29) is 11.9 Å². The number of nitrogens with zero attached hydrogens (tertiary/aromatic N) is 3. The molecule has 142 valence electrons. The average molecular weight is 375 g/mol. The molecule has 1 atom stereocenters. The van der Waals surface area contributed by atoms with Crippen LogP contribution in [0.5, 0.6) is 5.75 Å². The van der Waals surface area contributed by atoms with Gasteiger partial charge in [-0.15, -0.1) is 0 Å². The van der Waals surface area contributed by atoms with Gasteiger partial charge in [0, 0.05) is 5.70 Å². The second kappa shape index (κ2) is 7.19. The number of hydrogen-bond acceptors (Lipinski definition) is 5. The van der Waals surface area contributed by atoms with Crippen LogP contribution in [-0.4, -0.2) is 27.8 Å². The molecule has 28 heavy (non-hydrogen) atoms. The van der Waals surface area contributed by atoms with Crippen molar-refractivity contribution >= 4 is 17.5 Å². The fraction of sp³-hybridized carbons (Fsp3) is 0.190. The topological polar surface area (TPSA) is 81.1 Å². The quantitative estimate of drug-likeness (QED) is 0.729.